The standard InChI is InChI=1S/C20H15F3N4O/c21-20(22,23)15-4-3-6-17(12-15)27-11-8-14(13-24)18(27)19(28)26-10-7-16-5-1-2-9-25-16/h1-6,8-9,11-12H,7,10H2,(H,26,28). The highest BCUT2D eigenvalue weighted by molar-refractivity contribution is 5.95. The quantitative estimate of drug-likeness (QED) is 0.729. The smallest absolute Gasteiger partial charge is 0.350 e. The van der Waals surface area contributed by atoms with Crippen molar-refractivity contribution < 1.29 is 18.0 Å². The van der Waals surface area contributed by atoms with Crippen LogP contribution in [0.15, 0.2) is 60.9 Å². The molecule has 0 fully saturated rings. The van der Waals surface area contributed by atoms with Crippen LogP contribution in [0.1, 0.15) is 27.3 Å². The fraction of sp³-hybridized carbons (Fsp3) is 0.150. The van der Waals surface area contributed by atoms with Crippen LogP contribution in [0.25, 0.3) is 5.69 Å². The molecule has 1 amide bonds. The maximum atomic E-state index is 13.0. The Kier molecular flexibility index (Phi) is 5.45. The lowest BCUT2D eigenvalue weighted by atomic mass is 10.2. The van der Waals surface area contributed by atoms with Gasteiger partial charge in [-0.1, -0.05) is 12.1 Å². The van der Waals surface area contributed by atoms with Crippen LogP contribution >= 0.6 is 0 Å². The van der Waals surface area contributed by atoms with E-state index in [1.165, 1.54) is 29.0 Å². The summed E-state index contributed by atoms with van der Waals surface area (Å²) in [6.45, 7) is 0.272. The summed E-state index contributed by atoms with van der Waals surface area (Å²) >= 11 is 0. The summed E-state index contributed by atoms with van der Waals surface area (Å²) in [5, 5.41) is 12.0. The van der Waals surface area contributed by atoms with Crippen molar-refractivity contribution in [3.63, 3.8) is 0 Å². The van der Waals surface area contributed by atoms with E-state index in [-0.39, 0.29) is 23.5 Å². The summed E-state index contributed by atoms with van der Waals surface area (Å²) in [5.74, 6) is -0.546. The van der Waals surface area contributed by atoms with Crippen LogP contribution in [-0.2, 0) is 12.6 Å². The van der Waals surface area contributed by atoms with E-state index in [9.17, 15) is 23.2 Å². The number of rotatable bonds is 5. The maximum absolute atomic E-state index is 13.0. The summed E-state index contributed by atoms with van der Waals surface area (Å²) in [5.41, 5.74) is 0.164. The van der Waals surface area contributed by atoms with Crippen molar-refractivity contribution in [3.8, 4) is 11.8 Å². The first kappa shape index (κ1) is 19.2. The van der Waals surface area contributed by atoms with Crippen LogP contribution in [0.5, 0.6) is 0 Å². The third kappa shape index (κ3) is 4.20. The predicted molar refractivity (Wildman–Crippen MR) is 95.8 cm³/mol. The monoisotopic (exact) mass is 384 g/mol. The van der Waals surface area contributed by atoms with Gasteiger partial charge in [-0.25, -0.2) is 0 Å². The van der Waals surface area contributed by atoms with Gasteiger partial charge in [0.05, 0.1) is 11.1 Å². The van der Waals surface area contributed by atoms with Crippen molar-refractivity contribution in [3.05, 3.63) is 83.4 Å². The van der Waals surface area contributed by atoms with E-state index in [0.717, 1.165) is 17.8 Å². The molecule has 28 heavy (non-hydrogen) atoms. The second-order valence-corrected chi connectivity index (χ2v) is 5.93. The number of halogens is 3. The molecule has 0 atom stereocenters. The normalized spacial score (nSPS) is 11.1. The number of aromatic nitrogens is 2. The number of nitrogens with one attached hydrogen (secondary N) is 1. The lowest BCUT2D eigenvalue weighted by Crippen LogP contribution is -2.28. The van der Waals surface area contributed by atoms with E-state index >= 15 is 0 Å². The summed E-state index contributed by atoms with van der Waals surface area (Å²) in [7, 11) is 0. The Morgan fingerprint density at radius 3 is 2.68 bits per heavy atom. The van der Waals surface area contributed by atoms with Crippen LogP contribution in [0.4, 0.5) is 13.2 Å². The van der Waals surface area contributed by atoms with E-state index in [2.05, 4.69) is 10.3 Å². The first-order chi connectivity index (χ1) is 13.4. The van der Waals surface area contributed by atoms with Crippen LogP contribution < -0.4 is 5.32 Å². The van der Waals surface area contributed by atoms with Crippen molar-refractivity contribution in [1.29, 1.82) is 5.26 Å². The average Bonchev–Trinajstić information content (AvgIpc) is 3.12. The van der Waals surface area contributed by atoms with Gasteiger partial charge >= 0.3 is 6.18 Å². The summed E-state index contributed by atoms with van der Waals surface area (Å²) in [6.07, 6.45) is -0.976. The van der Waals surface area contributed by atoms with Crippen LogP contribution in [0, 0.1) is 11.3 Å². The summed E-state index contributed by atoms with van der Waals surface area (Å²) in [4.78, 5) is 16.8. The summed E-state index contributed by atoms with van der Waals surface area (Å²) in [6, 6.07) is 13.3. The van der Waals surface area contributed by atoms with Crippen molar-refractivity contribution in [2.75, 3.05) is 6.54 Å². The number of hydrogen-bond acceptors (Lipinski definition) is 3. The SMILES string of the molecule is N#Cc1ccn(-c2cccc(C(F)(F)F)c2)c1C(=O)NCCc1ccccn1. The lowest BCUT2D eigenvalue weighted by molar-refractivity contribution is -0.137. The van der Waals surface area contributed by atoms with Gasteiger partial charge in [0.15, 0.2) is 0 Å². The molecule has 0 spiro atoms. The van der Waals surface area contributed by atoms with Gasteiger partial charge in [-0.15, -0.1) is 0 Å². The third-order valence-corrected chi connectivity index (χ3v) is 4.07. The second kappa shape index (κ2) is 7.96. The van der Waals surface area contributed by atoms with Crippen LogP contribution in [0.2, 0.25) is 0 Å². The Balaban J connectivity index is 1.85. The molecule has 2 aromatic heterocycles. The van der Waals surface area contributed by atoms with E-state index in [1.807, 2.05) is 18.2 Å². The molecule has 142 valence electrons. The Morgan fingerprint density at radius 1 is 1.18 bits per heavy atom. The largest absolute Gasteiger partial charge is 0.416 e. The molecule has 1 aromatic carbocycles. The molecule has 0 radical (unpaired) electrons. The minimum absolute atomic E-state index is 0.0113. The van der Waals surface area contributed by atoms with Gasteiger partial charge in [-0.2, -0.15) is 18.4 Å². The Labute approximate surface area is 159 Å². The molecule has 0 saturated heterocycles. The molecule has 3 aromatic rings. The number of alkyl halides is 3. The molecule has 2 heterocycles. The number of carbonyl (C=O) groups excluding carboxylic acids is 1. The molecule has 0 aliphatic carbocycles. The Morgan fingerprint density at radius 2 is 2.00 bits per heavy atom. The number of carbonyl (C=O) groups is 1. The minimum Gasteiger partial charge on any atom is -0.350 e. The molecule has 3 rings (SSSR count). The average molecular weight is 384 g/mol. The van der Waals surface area contributed by atoms with Crippen LogP contribution in [0.3, 0.4) is 0 Å². The second-order valence-electron chi connectivity index (χ2n) is 5.93. The number of amides is 1. The molecule has 0 aliphatic heterocycles. The number of nitriles is 1. The zero-order chi connectivity index (χ0) is 20.1. The molecule has 5 nitrogen and oxygen atoms in total. The molecule has 0 bridgehead atoms. The zero-order valence-corrected chi connectivity index (χ0v) is 14.6. The first-order valence-electron chi connectivity index (χ1n) is 8.37. The van der Waals surface area contributed by atoms with Crippen molar-refractivity contribution in [2.45, 2.75) is 12.6 Å². The van der Waals surface area contributed by atoms with Gasteiger partial charge in [-0.3, -0.25) is 9.78 Å². The van der Waals surface area contributed by atoms with Gasteiger partial charge in [-0.05, 0) is 36.4 Å². The fourth-order valence-corrected chi connectivity index (χ4v) is 2.74. The van der Waals surface area contributed by atoms with Gasteiger partial charge in [0.1, 0.15) is 11.8 Å². The molecule has 0 unspecified atom stereocenters. The highest BCUT2D eigenvalue weighted by Gasteiger charge is 2.31. The number of hydrogen-bond donors (Lipinski definition) is 1. The number of nitrogens with zero attached hydrogens (tertiary/aromatic N) is 3. The van der Waals surface area contributed by atoms with Crippen LogP contribution in [-0.4, -0.2) is 22.0 Å². The van der Waals surface area contributed by atoms with Gasteiger partial charge in [0.2, 0.25) is 0 Å². The van der Waals surface area contributed by atoms with Crippen molar-refractivity contribution in [2.24, 2.45) is 0 Å². The molecule has 1 N–H and O–H groups in total. The molecule has 0 aliphatic rings. The fourth-order valence-electron chi connectivity index (χ4n) is 2.74. The van der Waals surface area contributed by atoms with Crippen molar-refractivity contribution >= 4 is 5.91 Å². The third-order valence-electron chi connectivity index (χ3n) is 4.07. The highest BCUT2D eigenvalue weighted by Crippen LogP contribution is 2.31. The lowest BCUT2D eigenvalue weighted by Gasteiger charge is -2.13. The van der Waals surface area contributed by atoms with Gasteiger partial charge in [0.25, 0.3) is 5.91 Å². The predicted octanol–water partition coefficient (Wildman–Crippen LogP) is 3.74. The molecular weight excluding hydrogens is 369 g/mol. The minimum atomic E-state index is -4.51. The molecule has 0 saturated carbocycles. The van der Waals surface area contributed by atoms with Gasteiger partial charge in [0, 0.05) is 36.7 Å². The summed E-state index contributed by atoms with van der Waals surface area (Å²) < 4.78 is 40.3. The topological polar surface area (TPSA) is 70.7 Å². The highest BCUT2D eigenvalue weighted by atomic mass is 19.4. The van der Waals surface area contributed by atoms with E-state index < -0.39 is 17.6 Å². The van der Waals surface area contributed by atoms with Gasteiger partial charge < -0.3 is 9.88 Å². The molecule has 8 heteroatoms. The van der Waals surface area contributed by atoms with E-state index in [4.69, 9.17) is 0 Å². The Bertz CT molecular complexity index is 1020. The maximum Gasteiger partial charge on any atom is 0.416 e. The first-order valence-corrected chi connectivity index (χ1v) is 8.37. The van der Waals surface area contributed by atoms with Crippen molar-refractivity contribution in [1.82, 2.24) is 14.9 Å². The number of benzene rings is 1. The number of pyridine rings is 1. The molecular formula is C20H15F3N4O. The van der Waals surface area contributed by atoms with E-state index in [0.29, 0.717) is 6.42 Å². The van der Waals surface area contributed by atoms with E-state index in [1.54, 1.807) is 12.3 Å². The zero-order valence-electron chi connectivity index (χ0n) is 14.6. The Hall–Kier alpha value is -3.60.